The lowest BCUT2D eigenvalue weighted by atomic mass is 10.2. The Balaban J connectivity index is 3.05. The highest BCUT2D eigenvalue weighted by atomic mass is 32.3. The number of rotatable bonds is 8. The predicted molar refractivity (Wildman–Crippen MR) is 92.2 cm³/mol. The molecule has 1 aromatic carbocycles. The normalized spacial score (nSPS) is 13.3. The van der Waals surface area contributed by atoms with Crippen LogP contribution in [0.15, 0.2) is 45.1 Å². The minimum atomic E-state index is -3.56. The molecule has 0 radical (unpaired) electrons. The average Bonchev–Trinajstić information content (AvgIpc) is 2.44. The molecule has 0 heterocycles. The van der Waals surface area contributed by atoms with E-state index in [4.69, 9.17) is 0 Å². The van der Waals surface area contributed by atoms with Gasteiger partial charge in [0.15, 0.2) is 0 Å². The van der Waals surface area contributed by atoms with Crippen molar-refractivity contribution < 1.29 is 8.42 Å². The van der Waals surface area contributed by atoms with Crippen molar-refractivity contribution in [3.8, 4) is 0 Å². The molecule has 0 bridgehead atoms. The Hall–Kier alpha value is -0.940. The van der Waals surface area contributed by atoms with Crippen LogP contribution in [0.5, 0.6) is 0 Å². The Morgan fingerprint density at radius 3 is 2.38 bits per heavy atom. The topological polar surface area (TPSA) is 46.5 Å². The van der Waals surface area contributed by atoms with Crippen LogP contribution in [-0.2, 0) is 20.7 Å². The van der Waals surface area contributed by atoms with E-state index >= 15 is 0 Å². The van der Waals surface area contributed by atoms with Gasteiger partial charge in [-0.2, -0.15) is 8.42 Å². The van der Waals surface area contributed by atoms with Crippen LogP contribution in [-0.4, -0.2) is 19.9 Å². The van der Waals surface area contributed by atoms with Gasteiger partial charge in [0.05, 0.1) is 4.90 Å². The number of benzene rings is 1. The van der Waals surface area contributed by atoms with Crippen molar-refractivity contribution in [2.24, 2.45) is 3.77 Å². The Bertz CT molecular complexity index is 602. The Morgan fingerprint density at radius 2 is 1.86 bits per heavy atom. The van der Waals surface area contributed by atoms with E-state index < -0.39 is 20.7 Å². The summed E-state index contributed by atoms with van der Waals surface area (Å²) >= 11 is 0. The van der Waals surface area contributed by atoms with Gasteiger partial charge in [0, 0.05) is 11.5 Å². The second-order valence-corrected chi connectivity index (χ2v) is 8.77. The molecule has 5 heteroatoms. The highest BCUT2D eigenvalue weighted by Gasteiger charge is 2.14. The zero-order valence-corrected chi connectivity index (χ0v) is 14.8. The molecular weight excluding hydrogens is 302 g/mol. The molecule has 0 saturated heterocycles. The van der Waals surface area contributed by atoms with Crippen LogP contribution in [0.4, 0.5) is 0 Å². The highest BCUT2D eigenvalue weighted by molar-refractivity contribution is 8.00. The Labute approximate surface area is 131 Å². The molecule has 0 aliphatic heterocycles. The lowest BCUT2D eigenvalue weighted by Gasteiger charge is -2.09. The lowest BCUT2D eigenvalue weighted by Crippen LogP contribution is -2.08. The predicted octanol–water partition coefficient (Wildman–Crippen LogP) is 4.25. The summed E-state index contributed by atoms with van der Waals surface area (Å²) in [6.45, 7) is 10.1. The summed E-state index contributed by atoms with van der Waals surface area (Å²) in [6, 6.07) is 6.86. The third kappa shape index (κ3) is 6.14. The maximum atomic E-state index is 12.4. The van der Waals surface area contributed by atoms with E-state index in [0.717, 1.165) is 36.2 Å². The van der Waals surface area contributed by atoms with Crippen molar-refractivity contribution in [2.45, 2.75) is 44.9 Å². The van der Waals surface area contributed by atoms with E-state index in [1.54, 1.807) is 24.3 Å². The fourth-order valence-corrected chi connectivity index (χ4v) is 5.56. The largest absolute Gasteiger partial charge is 0.287 e. The number of hydrogen-bond donors (Lipinski definition) is 0. The summed E-state index contributed by atoms with van der Waals surface area (Å²) in [4.78, 5) is 0.282. The van der Waals surface area contributed by atoms with Gasteiger partial charge in [0.2, 0.25) is 0 Å². The van der Waals surface area contributed by atoms with Crippen molar-refractivity contribution in [3.05, 3.63) is 42.0 Å². The maximum absolute atomic E-state index is 12.4. The summed E-state index contributed by atoms with van der Waals surface area (Å²) in [7, 11) is -4.06. The molecule has 1 atom stereocenters. The second kappa shape index (κ2) is 8.49. The van der Waals surface area contributed by atoms with Gasteiger partial charge in [-0.05, 0) is 31.9 Å². The van der Waals surface area contributed by atoms with Gasteiger partial charge in [-0.15, -0.1) is 3.77 Å². The molecule has 3 nitrogen and oxygen atoms in total. The monoisotopic (exact) mass is 327 g/mol. The minimum Gasteiger partial charge on any atom is -0.199 e. The van der Waals surface area contributed by atoms with E-state index in [2.05, 4.69) is 17.3 Å². The first-order valence-corrected chi connectivity index (χ1v) is 10.2. The number of hydrogen-bond acceptors (Lipinski definition) is 2. The molecule has 1 aromatic rings. The molecule has 0 fully saturated rings. The summed E-state index contributed by atoms with van der Waals surface area (Å²) in [5, 5.41) is 0. The van der Waals surface area contributed by atoms with Gasteiger partial charge in [-0.1, -0.05) is 60.8 Å². The Morgan fingerprint density at radius 1 is 1.24 bits per heavy atom. The van der Waals surface area contributed by atoms with Crippen molar-refractivity contribution in [2.75, 3.05) is 11.5 Å². The van der Waals surface area contributed by atoms with Crippen LogP contribution < -0.4 is 0 Å². The molecule has 0 N–H and O–H groups in total. The molecule has 0 aromatic heterocycles. The summed E-state index contributed by atoms with van der Waals surface area (Å²) in [6.07, 6.45) is 2.91. The maximum Gasteiger partial charge on any atom is 0.287 e. The van der Waals surface area contributed by atoms with Crippen LogP contribution in [0, 0.1) is 6.92 Å². The second-order valence-electron chi connectivity index (χ2n) is 5.13. The van der Waals surface area contributed by atoms with Gasteiger partial charge in [-0.25, -0.2) is 0 Å². The SMILES string of the molecule is C=C(CC)C/S(CCCC)=N\S(=O)(=O)c1ccc(C)cc1. The van der Waals surface area contributed by atoms with Gasteiger partial charge in [0.1, 0.15) is 0 Å². The number of aryl methyl sites for hydroxylation is 1. The molecule has 0 amide bonds. The number of unbranched alkanes of at least 4 members (excludes halogenated alkanes) is 1. The first kappa shape index (κ1) is 18.1. The Kier molecular flexibility index (Phi) is 7.32. The van der Waals surface area contributed by atoms with Crippen molar-refractivity contribution in [1.29, 1.82) is 0 Å². The summed E-state index contributed by atoms with van der Waals surface area (Å²) in [5.74, 6) is 1.50. The quantitative estimate of drug-likeness (QED) is 0.670. The fourth-order valence-electron chi connectivity index (χ4n) is 1.68. The molecule has 0 spiro atoms. The average molecular weight is 328 g/mol. The fraction of sp³-hybridized carbons (Fsp3) is 0.500. The van der Waals surface area contributed by atoms with Gasteiger partial charge >= 0.3 is 0 Å². The molecule has 1 unspecified atom stereocenters. The van der Waals surface area contributed by atoms with E-state index in [0.29, 0.717) is 5.75 Å². The van der Waals surface area contributed by atoms with Crippen LogP contribution in [0.1, 0.15) is 38.7 Å². The molecule has 0 aliphatic rings. The summed E-state index contributed by atoms with van der Waals surface area (Å²) in [5.41, 5.74) is 2.11. The zero-order valence-electron chi connectivity index (χ0n) is 13.1. The number of nitrogens with zero attached hydrogens (tertiary/aromatic N) is 1. The highest BCUT2D eigenvalue weighted by Crippen LogP contribution is 2.16. The van der Waals surface area contributed by atoms with Crippen molar-refractivity contribution >= 4 is 20.7 Å². The van der Waals surface area contributed by atoms with E-state index in [1.807, 2.05) is 13.8 Å². The summed E-state index contributed by atoms with van der Waals surface area (Å²) < 4.78 is 29.0. The van der Waals surface area contributed by atoms with Crippen LogP contribution in [0.2, 0.25) is 0 Å². The molecular formula is C16H25NO2S2. The van der Waals surface area contributed by atoms with Crippen LogP contribution in [0.3, 0.4) is 0 Å². The third-order valence-corrected chi connectivity index (χ3v) is 7.12. The standard InChI is InChI=1S/C16H25NO2S2/c1-5-7-12-20(13-14(3)6-2)17-21(18,19)16-10-8-15(4)9-11-16/h8-11H,3,5-7,12-13H2,1-2,4H3. The smallest absolute Gasteiger partial charge is 0.199 e. The lowest BCUT2D eigenvalue weighted by molar-refractivity contribution is 0.598. The molecule has 21 heavy (non-hydrogen) atoms. The first-order chi connectivity index (χ1) is 9.89. The minimum absolute atomic E-state index is 0.282. The first-order valence-electron chi connectivity index (χ1n) is 7.28. The van der Waals surface area contributed by atoms with Crippen LogP contribution >= 0.6 is 0 Å². The van der Waals surface area contributed by atoms with Crippen molar-refractivity contribution in [3.63, 3.8) is 0 Å². The van der Waals surface area contributed by atoms with E-state index in [1.165, 1.54) is 0 Å². The van der Waals surface area contributed by atoms with Crippen molar-refractivity contribution in [1.82, 2.24) is 0 Å². The van der Waals surface area contributed by atoms with E-state index in [-0.39, 0.29) is 4.90 Å². The van der Waals surface area contributed by atoms with Gasteiger partial charge < -0.3 is 0 Å². The van der Waals surface area contributed by atoms with E-state index in [9.17, 15) is 8.42 Å². The molecule has 118 valence electrons. The third-order valence-electron chi connectivity index (χ3n) is 3.13. The van der Waals surface area contributed by atoms with Crippen LogP contribution in [0.25, 0.3) is 0 Å². The number of sulfonamides is 1. The molecule has 1 rings (SSSR count). The van der Waals surface area contributed by atoms with Gasteiger partial charge in [-0.3, -0.25) is 0 Å². The zero-order chi connectivity index (χ0) is 15.9. The van der Waals surface area contributed by atoms with Gasteiger partial charge in [0.25, 0.3) is 10.0 Å². The molecule has 0 aliphatic carbocycles. The molecule has 0 saturated carbocycles.